The summed E-state index contributed by atoms with van der Waals surface area (Å²) in [5.41, 5.74) is 4.29. The molecule has 7 heteroatoms. The molecule has 39 heavy (non-hydrogen) atoms. The number of rotatable bonds is 9. The van der Waals surface area contributed by atoms with Crippen LogP contribution in [-0.2, 0) is 33.8 Å². The van der Waals surface area contributed by atoms with E-state index >= 15 is 0 Å². The van der Waals surface area contributed by atoms with Crippen LogP contribution < -0.4 is 10.2 Å². The van der Waals surface area contributed by atoms with E-state index in [-0.39, 0.29) is 29.7 Å². The number of benzene rings is 2. The second-order valence-electron chi connectivity index (χ2n) is 11.6. The van der Waals surface area contributed by atoms with Gasteiger partial charge in [0.25, 0.3) is 0 Å². The zero-order chi connectivity index (χ0) is 27.5. The molecule has 5 rings (SSSR count). The highest BCUT2D eigenvalue weighted by Gasteiger charge is 2.47. The van der Waals surface area contributed by atoms with Crippen molar-refractivity contribution in [2.24, 2.45) is 11.8 Å². The number of para-hydroxylation sites is 1. The third-order valence-electron chi connectivity index (χ3n) is 9.31. The number of hydrogen-bond donors (Lipinski definition) is 1. The fourth-order valence-electron chi connectivity index (χ4n) is 6.98. The summed E-state index contributed by atoms with van der Waals surface area (Å²) >= 11 is 0. The van der Waals surface area contributed by atoms with Crippen LogP contribution in [0.15, 0.2) is 48.5 Å². The molecule has 2 aromatic rings. The molecule has 2 heterocycles. The van der Waals surface area contributed by atoms with Crippen molar-refractivity contribution in [3.05, 3.63) is 65.2 Å². The number of carbonyl (C=O) groups is 3. The van der Waals surface area contributed by atoms with E-state index in [9.17, 15) is 14.4 Å². The van der Waals surface area contributed by atoms with E-state index in [4.69, 9.17) is 0 Å². The Morgan fingerprint density at radius 2 is 1.59 bits per heavy atom. The number of hydrogen-bond acceptors (Lipinski definition) is 4. The highest BCUT2D eigenvalue weighted by Crippen LogP contribution is 2.35. The molecule has 0 bridgehead atoms. The molecule has 2 fully saturated rings. The van der Waals surface area contributed by atoms with Gasteiger partial charge < -0.3 is 20.0 Å². The smallest absolute Gasteiger partial charge is 0.246 e. The van der Waals surface area contributed by atoms with Crippen LogP contribution in [0.4, 0.5) is 5.69 Å². The SMILES string of the molecule is CCC(CC)[C@@H]1C(=O)N[C@H](C2Cc3ccccc3C2)C(=O)N1Cc1ccccc1N(C=O)C1CCN(C)CC1. The highest BCUT2D eigenvalue weighted by atomic mass is 16.2. The van der Waals surface area contributed by atoms with Gasteiger partial charge in [-0.25, -0.2) is 0 Å². The lowest BCUT2D eigenvalue weighted by Gasteiger charge is -2.44. The van der Waals surface area contributed by atoms with Crippen molar-refractivity contribution in [3.63, 3.8) is 0 Å². The number of fused-ring (bicyclic) bond motifs is 1. The lowest BCUT2D eigenvalue weighted by Crippen LogP contribution is -2.66. The van der Waals surface area contributed by atoms with Gasteiger partial charge in [0.05, 0.1) is 0 Å². The third-order valence-corrected chi connectivity index (χ3v) is 9.31. The maximum Gasteiger partial charge on any atom is 0.246 e. The van der Waals surface area contributed by atoms with Crippen LogP contribution in [0.3, 0.4) is 0 Å². The lowest BCUT2D eigenvalue weighted by atomic mass is 9.86. The van der Waals surface area contributed by atoms with E-state index in [1.807, 2.05) is 46.2 Å². The van der Waals surface area contributed by atoms with Crippen LogP contribution in [0.1, 0.15) is 56.2 Å². The van der Waals surface area contributed by atoms with Gasteiger partial charge >= 0.3 is 0 Å². The molecule has 0 spiro atoms. The molecule has 208 valence electrons. The van der Waals surface area contributed by atoms with E-state index in [2.05, 4.69) is 43.2 Å². The lowest BCUT2D eigenvalue weighted by molar-refractivity contribution is -0.154. The van der Waals surface area contributed by atoms with Crippen molar-refractivity contribution in [2.45, 2.75) is 77.0 Å². The van der Waals surface area contributed by atoms with Crippen LogP contribution in [0.5, 0.6) is 0 Å². The van der Waals surface area contributed by atoms with Crippen molar-refractivity contribution < 1.29 is 14.4 Å². The minimum Gasteiger partial charge on any atom is -0.342 e. The first kappa shape index (κ1) is 27.4. The zero-order valence-electron chi connectivity index (χ0n) is 23.5. The number of amides is 3. The standard InChI is InChI=1S/C32H42N4O3/c1-4-22(5-2)30-31(38)33-29(26-18-23-10-6-7-11-24(23)19-26)32(39)35(30)20-25-12-8-9-13-28(25)36(21-37)27-14-16-34(3)17-15-27/h6-13,21-22,26-27,29-30H,4-5,14-20H2,1-3H3,(H,33,38)/t29-,30-/m1/s1. The van der Waals surface area contributed by atoms with Gasteiger partial charge in [-0.3, -0.25) is 14.4 Å². The van der Waals surface area contributed by atoms with Crippen molar-refractivity contribution in [1.82, 2.24) is 15.1 Å². The Kier molecular flexibility index (Phi) is 8.36. The first-order chi connectivity index (χ1) is 18.9. The number of nitrogens with zero attached hydrogens (tertiary/aromatic N) is 3. The van der Waals surface area contributed by atoms with Gasteiger partial charge in [0.1, 0.15) is 12.1 Å². The van der Waals surface area contributed by atoms with Crippen molar-refractivity contribution in [2.75, 3.05) is 25.0 Å². The minimum atomic E-state index is -0.543. The number of piperazine rings is 1. The van der Waals surface area contributed by atoms with Gasteiger partial charge in [-0.2, -0.15) is 0 Å². The summed E-state index contributed by atoms with van der Waals surface area (Å²) in [5, 5.41) is 3.16. The van der Waals surface area contributed by atoms with Crippen LogP contribution in [0.25, 0.3) is 0 Å². The summed E-state index contributed by atoms with van der Waals surface area (Å²) in [7, 11) is 2.11. The third kappa shape index (κ3) is 5.46. The molecule has 0 saturated carbocycles. The first-order valence-corrected chi connectivity index (χ1v) is 14.6. The number of carbonyl (C=O) groups excluding carboxylic acids is 3. The van der Waals surface area contributed by atoms with E-state index in [0.29, 0.717) is 6.54 Å². The Balaban J connectivity index is 1.45. The molecule has 3 aliphatic rings. The maximum atomic E-state index is 14.3. The van der Waals surface area contributed by atoms with Crippen LogP contribution in [-0.4, -0.2) is 66.3 Å². The van der Waals surface area contributed by atoms with Gasteiger partial charge in [-0.15, -0.1) is 0 Å². The highest BCUT2D eigenvalue weighted by molar-refractivity contribution is 5.97. The number of likely N-dealkylation sites (tertiary alicyclic amines) is 1. The predicted octanol–water partition coefficient (Wildman–Crippen LogP) is 3.79. The molecule has 7 nitrogen and oxygen atoms in total. The van der Waals surface area contributed by atoms with Crippen LogP contribution >= 0.6 is 0 Å². The largest absolute Gasteiger partial charge is 0.342 e. The van der Waals surface area contributed by atoms with Gasteiger partial charge in [0.15, 0.2) is 0 Å². The molecule has 1 N–H and O–H groups in total. The van der Waals surface area contributed by atoms with Gasteiger partial charge in [0, 0.05) is 18.3 Å². The Bertz CT molecular complexity index is 1160. The van der Waals surface area contributed by atoms with Crippen molar-refractivity contribution in [3.8, 4) is 0 Å². The summed E-state index contributed by atoms with van der Waals surface area (Å²) in [6.07, 6.45) is 5.98. The fraction of sp³-hybridized carbons (Fsp3) is 0.531. The Labute approximate surface area is 232 Å². The molecule has 2 atom stereocenters. The molecule has 1 aliphatic carbocycles. The Hall–Kier alpha value is -3.19. The number of nitrogens with one attached hydrogen (secondary N) is 1. The second kappa shape index (κ2) is 11.9. The van der Waals surface area contributed by atoms with E-state index in [1.165, 1.54) is 11.1 Å². The topological polar surface area (TPSA) is 73.0 Å². The van der Waals surface area contributed by atoms with Gasteiger partial charge in [-0.05, 0) is 80.4 Å². The summed E-state index contributed by atoms with van der Waals surface area (Å²) in [6, 6.07) is 15.3. The van der Waals surface area contributed by atoms with Gasteiger partial charge in [0.2, 0.25) is 18.2 Å². The summed E-state index contributed by atoms with van der Waals surface area (Å²) < 4.78 is 0. The molecule has 0 unspecified atom stereocenters. The van der Waals surface area contributed by atoms with Crippen LogP contribution in [0, 0.1) is 11.8 Å². The molecule has 2 aromatic carbocycles. The molecule has 3 amide bonds. The first-order valence-electron chi connectivity index (χ1n) is 14.6. The molecule has 2 aliphatic heterocycles. The summed E-state index contributed by atoms with van der Waals surface area (Å²) in [4.78, 5) is 46.4. The van der Waals surface area contributed by atoms with E-state index in [1.54, 1.807) is 0 Å². The molecule has 2 saturated heterocycles. The summed E-state index contributed by atoms with van der Waals surface area (Å²) in [5.74, 6) is 0.0594. The quantitative estimate of drug-likeness (QED) is 0.501. The normalized spacial score (nSPS) is 22.7. The fourth-order valence-corrected chi connectivity index (χ4v) is 6.98. The monoisotopic (exact) mass is 530 g/mol. The average Bonchev–Trinajstić information content (AvgIpc) is 3.39. The second-order valence-corrected chi connectivity index (χ2v) is 11.6. The van der Waals surface area contributed by atoms with Crippen LogP contribution in [0.2, 0.25) is 0 Å². The van der Waals surface area contributed by atoms with Gasteiger partial charge in [-0.1, -0.05) is 69.2 Å². The van der Waals surface area contributed by atoms with E-state index < -0.39 is 12.1 Å². The summed E-state index contributed by atoms with van der Waals surface area (Å²) in [6.45, 7) is 6.39. The average molecular weight is 531 g/mol. The number of anilines is 1. The molecular formula is C32H42N4O3. The minimum absolute atomic E-state index is 0.00365. The number of piperidine rings is 1. The maximum absolute atomic E-state index is 14.3. The Morgan fingerprint density at radius 1 is 0.974 bits per heavy atom. The van der Waals surface area contributed by atoms with E-state index in [0.717, 1.165) is 69.3 Å². The van der Waals surface area contributed by atoms with Crippen molar-refractivity contribution in [1.29, 1.82) is 0 Å². The Morgan fingerprint density at radius 3 is 2.21 bits per heavy atom. The molecule has 0 aromatic heterocycles. The molecular weight excluding hydrogens is 488 g/mol. The zero-order valence-corrected chi connectivity index (χ0v) is 23.5. The molecule has 0 radical (unpaired) electrons. The predicted molar refractivity (Wildman–Crippen MR) is 153 cm³/mol. The van der Waals surface area contributed by atoms with Crippen molar-refractivity contribution >= 4 is 23.9 Å².